The normalized spacial score (nSPS) is 13.0. The largest absolute Gasteiger partial charge is 0.492 e. The molecule has 0 saturated carbocycles. The van der Waals surface area contributed by atoms with E-state index in [1.54, 1.807) is 4.68 Å². The highest BCUT2D eigenvalue weighted by atomic mass is 16.7. The van der Waals surface area contributed by atoms with Crippen molar-refractivity contribution in [1.29, 1.82) is 0 Å². The number of nitrogens with one attached hydrogen (secondary N) is 2. The molecule has 0 saturated heterocycles. The lowest BCUT2D eigenvalue weighted by molar-refractivity contribution is 0.173. The third-order valence-electron chi connectivity index (χ3n) is 3.54. The van der Waals surface area contributed by atoms with Gasteiger partial charge in [-0.25, -0.2) is 9.98 Å². The lowest BCUT2D eigenvalue weighted by atomic mass is 10.3. The SMILES string of the molecule is CCNC(=NCc1ncnn1C)NCCOc1ccc2c(c1)OCO2. The van der Waals surface area contributed by atoms with Gasteiger partial charge >= 0.3 is 0 Å². The summed E-state index contributed by atoms with van der Waals surface area (Å²) in [6.07, 6.45) is 1.52. The molecule has 25 heavy (non-hydrogen) atoms. The molecule has 134 valence electrons. The molecule has 9 nitrogen and oxygen atoms in total. The Kier molecular flexibility index (Phi) is 5.55. The minimum atomic E-state index is 0.258. The lowest BCUT2D eigenvalue weighted by Crippen LogP contribution is -2.39. The van der Waals surface area contributed by atoms with Crippen LogP contribution in [0.15, 0.2) is 29.5 Å². The van der Waals surface area contributed by atoms with Crippen LogP contribution < -0.4 is 24.8 Å². The number of hydrogen-bond donors (Lipinski definition) is 2. The fourth-order valence-electron chi connectivity index (χ4n) is 2.26. The van der Waals surface area contributed by atoms with E-state index in [1.165, 1.54) is 6.33 Å². The molecule has 2 N–H and O–H groups in total. The summed E-state index contributed by atoms with van der Waals surface area (Å²) in [4.78, 5) is 8.64. The summed E-state index contributed by atoms with van der Waals surface area (Å²) in [5.74, 6) is 3.71. The van der Waals surface area contributed by atoms with E-state index in [4.69, 9.17) is 14.2 Å². The fraction of sp³-hybridized carbons (Fsp3) is 0.438. The predicted molar refractivity (Wildman–Crippen MR) is 91.9 cm³/mol. The molecule has 1 aromatic carbocycles. The molecular formula is C16H22N6O3. The minimum Gasteiger partial charge on any atom is -0.492 e. The van der Waals surface area contributed by atoms with Crippen LogP contribution in [0.1, 0.15) is 12.7 Å². The Balaban J connectivity index is 1.46. The Morgan fingerprint density at radius 1 is 1.32 bits per heavy atom. The van der Waals surface area contributed by atoms with Crippen LogP contribution in [0.5, 0.6) is 17.2 Å². The molecule has 1 aliphatic rings. The monoisotopic (exact) mass is 346 g/mol. The first kappa shape index (κ1) is 16.9. The summed E-state index contributed by atoms with van der Waals surface area (Å²) < 4.78 is 18.0. The molecule has 0 bridgehead atoms. The molecule has 0 atom stereocenters. The Morgan fingerprint density at radius 3 is 3.00 bits per heavy atom. The number of fused-ring (bicyclic) bond motifs is 1. The van der Waals surface area contributed by atoms with Gasteiger partial charge in [0.2, 0.25) is 6.79 Å². The number of nitrogens with zero attached hydrogens (tertiary/aromatic N) is 4. The Bertz CT molecular complexity index is 730. The smallest absolute Gasteiger partial charge is 0.231 e. The van der Waals surface area contributed by atoms with E-state index >= 15 is 0 Å². The molecule has 0 fully saturated rings. The van der Waals surface area contributed by atoms with Gasteiger partial charge in [0.25, 0.3) is 0 Å². The Hall–Kier alpha value is -2.97. The second kappa shape index (κ2) is 8.22. The minimum absolute atomic E-state index is 0.258. The fourth-order valence-corrected chi connectivity index (χ4v) is 2.26. The van der Waals surface area contributed by atoms with Crippen LogP contribution in [0, 0.1) is 0 Å². The van der Waals surface area contributed by atoms with E-state index in [-0.39, 0.29) is 6.79 Å². The van der Waals surface area contributed by atoms with Crippen LogP contribution in [-0.2, 0) is 13.6 Å². The van der Waals surface area contributed by atoms with Gasteiger partial charge in [-0.1, -0.05) is 0 Å². The maximum absolute atomic E-state index is 5.72. The maximum atomic E-state index is 5.72. The topological polar surface area (TPSA) is 94.8 Å². The highest BCUT2D eigenvalue weighted by Gasteiger charge is 2.13. The molecule has 0 unspecified atom stereocenters. The quantitative estimate of drug-likeness (QED) is 0.432. The standard InChI is InChI=1S/C16H22N6O3/c1-3-17-16(19-9-15-20-10-21-22(15)2)18-6-7-23-12-4-5-13-14(8-12)25-11-24-13/h4-5,8,10H,3,6-7,9,11H2,1-2H3,(H2,17,18,19). The molecule has 0 aliphatic carbocycles. The van der Waals surface area contributed by atoms with Gasteiger partial charge in [-0.15, -0.1) is 0 Å². The maximum Gasteiger partial charge on any atom is 0.231 e. The van der Waals surface area contributed by atoms with Crippen molar-refractivity contribution in [1.82, 2.24) is 25.4 Å². The third-order valence-corrected chi connectivity index (χ3v) is 3.54. The van der Waals surface area contributed by atoms with Crippen LogP contribution in [0.25, 0.3) is 0 Å². The summed E-state index contributed by atoms with van der Waals surface area (Å²) >= 11 is 0. The van der Waals surface area contributed by atoms with E-state index < -0.39 is 0 Å². The van der Waals surface area contributed by atoms with Crippen molar-refractivity contribution < 1.29 is 14.2 Å². The van der Waals surface area contributed by atoms with E-state index in [9.17, 15) is 0 Å². The molecule has 0 spiro atoms. The van der Waals surface area contributed by atoms with Crippen LogP contribution in [0.4, 0.5) is 0 Å². The van der Waals surface area contributed by atoms with Crippen molar-refractivity contribution in [2.24, 2.45) is 12.0 Å². The Morgan fingerprint density at radius 2 is 2.20 bits per heavy atom. The zero-order valence-corrected chi connectivity index (χ0v) is 14.4. The van der Waals surface area contributed by atoms with E-state index in [1.807, 2.05) is 32.2 Å². The molecule has 0 radical (unpaired) electrons. The van der Waals surface area contributed by atoms with Crippen molar-refractivity contribution in [2.75, 3.05) is 26.5 Å². The number of aliphatic imine (C=N–C) groups is 1. The van der Waals surface area contributed by atoms with Crippen molar-refractivity contribution in [2.45, 2.75) is 13.5 Å². The lowest BCUT2D eigenvalue weighted by Gasteiger charge is -2.12. The van der Waals surface area contributed by atoms with Crippen molar-refractivity contribution >= 4 is 5.96 Å². The van der Waals surface area contributed by atoms with Gasteiger partial charge in [-0.05, 0) is 19.1 Å². The highest BCUT2D eigenvalue weighted by Crippen LogP contribution is 2.34. The van der Waals surface area contributed by atoms with Crippen LogP contribution in [-0.4, -0.2) is 47.2 Å². The second-order valence-electron chi connectivity index (χ2n) is 5.29. The van der Waals surface area contributed by atoms with Crippen LogP contribution >= 0.6 is 0 Å². The molecular weight excluding hydrogens is 324 g/mol. The summed E-state index contributed by atoms with van der Waals surface area (Å²) in [6.45, 7) is 4.60. The average Bonchev–Trinajstić information content (AvgIpc) is 3.24. The second-order valence-corrected chi connectivity index (χ2v) is 5.29. The molecule has 2 heterocycles. The van der Waals surface area contributed by atoms with Gasteiger partial charge in [0.15, 0.2) is 17.5 Å². The van der Waals surface area contributed by atoms with Crippen LogP contribution in [0.3, 0.4) is 0 Å². The number of benzene rings is 1. The van der Waals surface area contributed by atoms with Crippen molar-refractivity contribution in [3.63, 3.8) is 0 Å². The van der Waals surface area contributed by atoms with Crippen LogP contribution in [0.2, 0.25) is 0 Å². The van der Waals surface area contributed by atoms with Gasteiger partial charge in [-0.2, -0.15) is 5.10 Å². The summed E-state index contributed by atoms with van der Waals surface area (Å²) in [5, 5.41) is 10.4. The molecule has 3 rings (SSSR count). The summed E-state index contributed by atoms with van der Waals surface area (Å²) in [5.41, 5.74) is 0. The number of aryl methyl sites for hydroxylation is 1. The first-order chi connectivity index (χ1) is 12.3. The van der Waals surface area contributed by atoms with Gasteiger partial charge < -0.3 is 24.8 Å². The molecule has 2 aromatic rings. The zero-order valence-electron chi connectivity index (χ0n) is 14.4. The number of hydrogen-bond acceptors (Lipinski definition) is 6. The number of ether oxygens (including phenoxy) is 3. The van der Waals surface area contributed by atoms with E-state index in [0.29, 0.717) is 31.4 Å². The summed E-state index contributed by atoms with van der Waals surface area (Å²) in [6, 6.07) is 5.54. The summed E-state index contributed by atoms with van der Waals surface area (Å²) in [7, 11) is 1.84. The highest BCUT2D eigenvalue weighted by molar-refractivity contribution is 5.79. The zero-order chi connectivity index (χ0) is 17.5. The average molecular weight is 346 g/mol. The molecule has 1 aliphatic heterocycles. The van der Waals surface area contributed by atoms with E-state index in [0.717, 1.165) is 23.9 Å². The molecule has 9 heteroatoms. The molecule has 0 amide bonds. The van der Waals surface area contributed by atoms with Gasteiger partial charge in [0.1, 0.15) is 31.1 Å². The van der Waals surface area contributed by atoms with Crippen molar-refractivity contribution in [3.05, 3.63) is 30.4 Å². The van der Waals surface area contributed by atoms with Gasteiger partial charge in [0.05, 0.1) is 6.54 Å². The number of guanidine groups is 1. The first-order valence-electron chi connectivity index (χ1n) is 8.13. The first-order valence-corrected chi connectivity index (χ1v) is 8.13. The molecule has 1 aromatic heterocycles. The number of rotatable bonds is 7. The van der Waals surface area contributed by atoms with Crippen molar-refractivity contribution in [3.8, 4) is 17.2 Å². The number of aromatic nitrogens is 3. The van der Waals surface area contributed by atoms with Gasteiger partial charge in [-0.3, -0.25) is 4.68 Å². The third kappa shape index (κ3) is 4.52. The van der Waals surface area contributed by atoms with E-state index in [2.05, 4.69) is 25.7 Å². The predicted octanol–water partition coefficient (Wildman–Crippen LogP) is 0.678. The Labute approximate surface area is 146 Å². The van der Waals surface area contributed by atoms with Gasteiger partial charge in [0, 0.05) is 19.7 Å².